The number of amides is 3. The first kappa shape index (κ1) is 16.2. The Morgan fingerprint density at radius 2 is 1.92 bits per heavy atom. The third kappa shape index (κ3) is 2.66. The van der Waals surface area contributed by atoms with Crippen molar-refractivity contribution in [3.63, 3.8) is 0 Å². The lowest BCUT2D eigenvalue weighted by Crippen LogP contribution is -2.40. The fourth-order valence-corrected chi connectivity index (χ4v) is 2.63. The molecule has 7 heteroatoms. The lowest BCUT2D eigenvalue weighted by Gasteiger charge is -2.22. The van der Waals surface area contributed by atoms with Crippen LogP contribution >= 0.6 is 0 Å². The van der Waals surface area contributed by atoms with Gasteiger partial charge in [-0.05, 0) is 19.4 Å². The first-order valence-corrected chi connectivity index (χ1v) is 7.85. The summed E-state index contributed by atoms with van der Waals surface area (Å²) in [6.07, 6.45) is 0. The molecule has 1 atom stereocenters. The number of rotatable bonds is 4. The SMILES string of the molecule is Cc1ccc([C@@]2(C)NC(=O)N(Cc3noc(C(C)C)n3)C2=O)cc1. The zero-order valence-corrected chi connectivity index (χ0v) is 14.2. The Labute approximate surface area is 140 Å². The van der Waals surface area contributed by atoms with Crippen LogP contribution in [0.2, 0.25) is 0 Å². The van der Waals surface area contributed by atoms with Gasteiger partial charge >= 0.3 is 6.03 Å². The van der Waals surface area contributed by atoms with E-state index in [4.69, 9.17) is 4.52 Å². The van der Waals surface area contributed by atoms with Crippen molar-refractivity contribution in [1.29, 1.82) is 0 Å². The van der Waals surface area contributed by atoms with Gasteiger partial charge in [-0.2, -0.15) is 4.98 Å². The highest BCUT2D eigenvalue weighted by atomic mass is 16.5. The van der Waals surface area contributed by atoms with Crippen molar-refractivity contribution >= 4 is 11.9 Å². The minimum Gasteiger partial charge on any atom is -0.339 e. The molecule has 1 aliphatic heterocycles. The molecule has 3 rings (SSSR count). The maximum absolute atomic E-state index is 12.8. The van der Waals surface area contributed by atoms with Crippen LogP contribution in [0.4, 0.5) is 4.79 Å². The Bertz CT molecular complexity index is 781. The van der Waals surface area contributed by atoms with E-state index in [1.165, 1.54) is 0 Å². The van der Waals surface area contributed by atoms with Gasteiger partial charge in [0, 0.05) is 5.92 Å². The zero-order valence-electron chi connectivity index (χ0n) is 14.2. The van der Waals surface area contributed by atoms with Crippen LogP contribution in [-0.4, -0.2) is 27.0 Å². The average molecular weight is 328 g/mol. The van der Waals surface area contributed by atoms with Crippen LogP contribution < -0.4 is 5.32 Å². The number of nitrogens with zero attached hydrogens (tertiary/aromatic N) is 3. The topological polar surface area (TPSA) is 88.3 Å². The molecule has 7 nitrogen and oxygen atoms in total. The molecule has 0 unspecified atom stereocenters. The van der Waals surface area contributed by atoms with E-state index in [-0.39, 0.29) is 18.4 Å². The number of aryl methyl sites for hydroxylation is 1. The van der Waals surface area contributed by atoms with E-state index in [1.54, 1.807) is 6.92 Å². The Morgan fingerprint density at radius 1 is 1.25 bits per heavy atom. The monoisotopic (exact) mass is 328 g/mol. The predicted octanol–water partition coefficient (Wildman–Crippen LogP) is 2.47. The van der Waals surface area contributed by atoms with Crippen molar-refractivity contribution in [3.8, 4) is 0 Å². The van der Waals surface area contributed by atoms with Crippen molar-refractivity contribution in [3.05, 3.63) is 47.1 Å². The van der Waals surface area contributed by atoms with Crippen molar-refractivity contribution < 1.29 is 14.1 Å². The van der Waals surface area contributed by atoms with Crippen molar-refractivity contribution in [2.45, 2.75) is 45.7 Å². The third-order valence-corrected chi connectivity index (χ3v) is 4.18. The van der Waals surface area contributed by atoms with Crippen molar-refractivity contribution in [2.75, 3.05) is 0 Å². The molecule has 1 aromatic carbocycles. The molecular weight excluding hydrogens is 308 g/mol. The number of imide groups is 1. The van der Waals surface area contributed by atoms with Gasteiger partial charge in [0.05, 0.1) is 6.54 Å². The number of hydrogen-bond acceptors (Lipinski definition) is 5. The Hall–Kier alpha value is -2.70. The summed E-state index contributed by atoms with van der Waals surface area (Å²) in [5.74, 6) is 0.563. The molecule has 1 N–H and O–H groups in total. The van der Waals surface area contributed by atoms with E-state index < -0.39 is 11.6 Å². The molecule has 1 saturated heterocycles. The van der Waals surface area contributed by atoms with Gasteiger partial charge in [-0.25, -0.2) is 4.79 Å². The number of benzene rings is 1. The van der Waals surface area contributed by atoms with Gasteiger partial charge in [0.15, 0.2) is 5.82 Å². The van der Waals surface area contributed by atoms with E-state index in [0.29, 0.717) is 11.7 Å². The van der Waals surface area contributed by atoms with Crippen LogP contribution in [0.25, 0.3) is 0 Å². The van der Waals surface area contributed by atoms with E-state index in [1.807, 2.05) is 45.0 Å². The summed E-state index contributed by atoms with van der Waals surface area (Å²) >= 11 is 0. The molecule has 0 radical (unpaired) electrons. The van der Waals surface area contributed by atoms with Gasteiger partial charge in [-0.1, -0.05) is 48.8 Å². The van der Waals surface area contributed by atoms with Crippen LogP contribution in [0.5, 0.6) is 0 Å². The van der Waals surface area contributed by atoms with Gasteiger partial charge in [0.25, 0.3) is 5.91 Å². The largest absolute Gasteiger partial charge is 0.339 e. The Balaban J connectivity index is 1.84. The van der Waals surface area contributed by atoms with Crippen LogP contribution in [-0.2, 0) is 16.9 Å². The number of urea groups is 1. The van der Waals surface area contributed by atoms with Crippen LogP contribution in [0.15, 0.2) is 28.8 Å². The molecule has 1 aliphatic rings. The number of carbonyl (C=O) groups excluding carboxylic acids is 2. The Morgan fingerprint density at radius 3 is 2.50 bits per heavy atom. The molecule has 1 fully saturated rings. The minimum atomic E-state index is -1.09. The maximum Gasteiger partial charge on any atom is 0.325 e. The maximum atomic E-state index is 12.8. The first-order chi connectivity index (χ1) is 11.3. The molecule has 2 aromatic rings. The van der Waals surface area contributed by atoms with Gasteiger partial charge in [-0.3, -0.25) is 9.69 Å². The summed E-state index contributed by atoms with van der Waals surface area (Å²) in [7, 11) is 0. The second kappa shape index (κ2) is 5.74. The van der Waals surface area contributed by atoms with Gasteiger partial charge in [0.1, 0.15) is 5.54 Å². The molecule has 0 spiro atoms. The molecule has 126 valence electrons. The van der Waals surface area contributed by atoms with Crippen LogP contribution in [0.1, 0.15) is 49.5 Å². The summed E-state index contributed by atoms with van der Waals surface area (Å²) in [5.41, 5.74) is 0.740. The molecule has 24 heavy (non-hydrogen) atoms. The second-order valence-electron chi connectivity index (χ2n) is 6.52. The van der Waals surface area contributed by atoms with Gasteiger partial charge < -0.3 is 9.84 Å². The van der Waals surface area contributed by atoms with Gasteiger partial charge in [0.2, 0.25) is 5.89 Å². The zero-order chi connectivity index (χ0) is 17.5. The Kier molecular flexibility index (Phi) is 3.87. The van der Waals surface area contributed by atoms with E-state index in [0.717, 1.165) is 16.0 Å². The molecule has 0 aliphatic carbocycles. The molecule has 0 bridgehead atoms. The summed E-state index contributed by atoms with van der Waals surface area (Å²) in [6.45, 7) is 7.52. The van der Waals surface area contributed by atoms with Crippen molar-refractivity contribution in [1.82, 2.24) is 20.4 Å². The highest BCUT2D eigenvalue weighted by Crippen LogP contribution is 2.29. The quantitative estimate of drug-likeness (QED) is 0.871. The number of carbonyl (C=O) groups is 2. The fraction of sp³-hybridized carbons (Fsp3) is 0.412. The predicted molar refractivity (Wildman–Crippen MR) is 86.0 cm³/mol. The van der Waals surface area contributed by atoms with E-state index in [9.17, 15) is 9.59 Å². The summed E-state index contributed by atoms with van der Waals surface area (Å²) in [5, 5.41) is 6.61. The van der Waals surface area contributed by atoms with Gasteiger partial charge in [-0.15, -0.1) is 0 Å². The van der Waals surface area contributed by atoms with E-state index >= 15 is 0 Å². The van der Waals surface area contributed by atoms with Crippen LogP contribution in [0.3, 0.4) is 0 Å². The highest BCUT2D eigenvalue weighted by Gasteiger charge is 2.49. The molecule has 2 heterocycles. The second-order valence-corrected chi connectivity index (χ2v) is 6.52. The van der Waals surface area contributed by atoms with Crippen molar-refractivity contribution in [2.24, 2.45) is 0 Å². The molecule has 3 amide bonds. The summed E-state index contributed by atoms with van der Waals surface area (Å²) < 4.78 is 5.13. The number of aromatic nitrogens is 2. The number of hydrogen-bond donors (Lipinski definition) is 1. The first-order valence-electron chi connectivity index (χ1n) is 7.85. The highest BCUT2D eigenvalue weighted by molar-refractivity contribution is 6.07. The number of nitrogens with one attached hydrogen (secondary N) is 1. The lowest BCUT2D eigenvalue weighted by molar-refractivity contribution is -0.131. The minimum absolute atomic E-state index is 0.0116. The summed E-state index contributed by atoms with van der Waals surface area (Å²) in [4.78, 5) is 30.5. The molecule has 0 saturated carbocycles. The van der Waals surface area contributed by atoms with E-state index in [2.05, 4.69) is 15.5 Å². The fourth-order valence-electron chi connectivity index (χ4n) is 2.63. The summed E-state index contributed by atoms with van der Waals surface area (Å²) in [6, 6.07) is 7.07. The third-order valence-electron chi connectivity index (χ3n) is 4.18. The van der Waals surface area contributed by atoms with Crippen LogP contribution in [0, 0.1) is 6.92 Å². The lowest BCUT2D eigenvalue weighted by atomic mass is 9.91. The smallest absolute Gasteiger partial charge is 0.325 e. The normalized spacial score (nSPS) is 20.8. The standard InChI is InChI=1S/C17H20N4O3/c1-10(2)14-18-13(20-24-14)9-21-15(22)17(4,19-16(21)23)12-7-5-11(3)6-8-12/h5-8,10H,9H2,1-4H3,(H,19,23)/t17-/m1/s1. The molecule has 1 aromatic heterocycles. The molecular formula is C17H20N4O3. The average Bonchev–Trinajstić information content (AvgIpc) is 3.08.